The third-order valence-corrected chi connectivity index (χ3v) is 8.50. The first kappa shape index (κ1) is 30.9. The van der Waals surface area contributed by atoms with Gasteiger partial charge in [0.15, 0.2) is 5.65 Å². The molecule has 0 unspecified atom stereocenters. The van der Waals surface area contributed by atoms with E-state index in [2.05, 4.69) is 60.7 Å². The Kier molecular flexibility index (Phi) is 9.32. The van der Waals surface area contributed by atoms with Crippen LogP contribution in [0.3, 0.4) is 0 Å². The van der Waals surface area contributed by atoms with Crippen LogP contribution >= 0.6 is 27.7 Å². The predicted molar refractivity (Wildman–Crippen MR) is 186 cm³/mol. The molecule has 3 aromatic heterocycles. The van der Waals surface area contributed by atoms with Gasteiger partial charge in [-0.2, -0.15) is 0 Å². The Morgan fingerprint density at radius 1 is 0.783 bits per heavy atom. The summed E-state index contributed by atoms with van der Waals surface area (Å²) in [5.74, 6) is 0.790. The molecule has 0 aliphatic heterocycles. The summed E-state index contributed by atoms with van der Waals surface area (Å²) in [5, 5.41) is 9.98. The van der Waals surface area contributed by atoms with E-state index >= 15 is 0 Å². The third-order valence-electron chi connectivity index (χ3n) is 6.95. The van der Waals surface area contributed by atoms with Crippen LogP contribution in [-0.4, -0.2) is 31.8 Å². The lowest BCUT2D eigenvalue weighted by molar-refractivity contribution is 0.101. The SMILES string of the molecule is CC(C)c1ccc2c(Nc3cc(C(=O)Nc4ccc(Br)cn4)ccc3Sc3ccc(NC(=O)c4ccccc4)cc3)ncnc2n1. The molecule has 228 valence electrons. The van der Waals surface area contributed by atoms with Gasteiger partial charge in [0.1, 0.15) is 18.0 Å². The number of pyridine rings is 2. The molecule has 0 saturated heterocycles. The van der Waals surface area contributed by atoms with Crippen LogP contribution in [0.4, 0.5) is 23.0 Å². The van der Waals surface area contributed by atoms with Crippen molar-refractivity contribution in [3.63, 3.8) is 0 Å². The van der Waals surface area contributed by atoms with E-state index in [1.807, 2.05) is 66.7 Å². The molecular formula is C35H28BrN7O2S. The summed E-state index contributed by atoms with van der Waals surface area (Å²) < 4.78 is 0.817. The van der Waals surface area contributed by atoms with Crippen LogP contribution in [0.15, 0.2) is 124 Å². The summed E-state index contributed by atoms with van der Waals surface area (Å²) in [5.41, 5.74) is 3.92. The molecule has 0 saturated carbocycles. The predicted octanol–water partition coefficient (Wildman–Crippen LogP) is 8.71. The summed E-state index contributed by atoms with van der Waals surface area (Å²) in [6.07, 6.45) is 3.10. The highest BCUT2D eigenvalue weighted by atomic mass is 79.9. The third kappa shape index (κ3) is 7.39. The topological polar surface area (TPSA) is 122 Å². The first-order valence-electron chi connectivity index (χ1n) is 14.4. The van der Waals surface area contributed by atoms with Crippen LogP contribution < -0.4 is 16.0 Å². The second-order valence-corrected chi connectivity index (χ2v) is 12.6. The Morgan fingerprint density at radius 3 is 2.30 bits per heavy atom. The molecule has 3 aromatic carbocycles. The van der Waals surface area contributed by atoms with Gasteiger partial charge in [0.25, 0.3) is 11.8 Å². The average molecular weight is 691 g/mol. The number of hydrogen-bond donors (Lipinski definition) is 3. The van der Waals surface area contributed by atoms with Crippen LogP contribution in [-0.2, 0) is 0 Å². The maximum atomic E-state index is 13.2. The van der Waals surface area contributed by atoms with Crippen molar-refractivity contribution in [1.82, 2.24) is 19.9 Å². The lowest BCUT2D eigenvalue weighted by Gasteiger charge is -2.15. The van der Waals surface area contributed by atoms with Crippen molar-refractivity contribution in [2.45, 2.75) is 29.6 Å². The minimum absolute atomic E-state index is 0.174. The van der Waals surface area contributed by atoms with Crippen LogP contribution in [0, 0.1) is 0 Å². The molecule has 3 heterocycles. The molecule has 0 fully saturated rings. The number of aromatic nitrogens is 4. The zero-order valence-electron chi connectivity index (χ0n) is 24.9. The van der Waals surface area contributed by atoms with E-state index in [1.54, 1.807) is 36.5 Å². The number of halogens is 1. The van der Waals surface area contributed by atoms with Gasteiger partial charge in [-0.1, -0.05) is 43.8 Å². The van der Waals surface area contributed by atoms with Crippen molar-refractivity contribution in [2.24, 2.45) is 0 Å². The first-order chi connectivity index (χ1) is 22.3. The van der Waals surface area contributed by atoms with Gasteiger partial charge in [-0.25, -0.2) is 19.9 Å². The molecule has 0 spiro atoms. The monoisotopic (exact) mass is 689 g/mol. The molecule has 0 aliphatic rings. The van der Waals surface area contributed by atoms with E-state index in [1.165, 1.54) is 18.1 Å². The van der Waals surface area contributed by atoms with Crippen LogP contribution in [0.5, 0.6) is 0 Å². The van der Waals surface area contributed by atoms with E-state index in [9.17, 15) is 9.59 Å². The van der Waals surface area contributed by atoms with E-state index in [4.69, 9.17) is 4.98 Å². The molecule has 0 aliphatic carbocycles. The van der Waals surface area contributed by atoms with Gasteiger partial charge < -0.3 is 16.0 Å². The standard InChI is InChI=1S/C35H28BrN7O2S/c1-21(2)28-15-14-27-32(41-28)38-20-39-33(27)42-29-18-23(35(45)43-31-17-9-24(36)19-37-31)8-16-30(29)46-26-12-10-25(11-13-26)40-34(44)22-6-4-3-5-7-22/h3-21H,1-2H3,(H,40,44)(H,37,43,45)(H,38,39,41,42). The molecule has 0 bridgehead atoms. The minimum atomic E-state index is -0.302. The zero-order valence-corrected chi connectivity index (χ0v) is 27.3. The fourth-order valence-electron chi connectivity index (χ4n) is 4.53. The molecule has 6 aromatic rings. The Labute approximate surface area is 278 Å². The van der Waals surface area contributed by atoms with Crippen molar-refractivity contribution >= 4 is 73.6 Å². The summed E-state index contributed by atoms with van der Waals surface area (Å²) in [4.78, 5) is 45.5. The number of carbonyl (C=O) groups is 2. The number of nitrogens with one attached hydrogen (secondary N) is 3. The molecule has 0 atom stereocenters. The highest BCUT2D eigenvalue weighted by molar-refractivity contribution is 9.10. The zero-order chi connectivity index (χ0) is 32.0. The van der Waals surface area contributed by atoms with Gasteiger partial charge in [-0.3, -0.25) is 9.59 Å². The number of fused-ring (bicyclic) bond motifs is 1. The Morgan fingerprint density at radius 2 is 1.57 bits per heavy atom. The van der Waals surface area contributed by atoms with E-state index in [-0.39, 0.29) is 17.7 Å². The second-order valence-electron chi connectivity index (χ2n) is 10.6. The average Bonchev–Trinajstić information content (AvgIpc) is 3.07. The van der Waals surface area contributed by atoms with Crippen LogP contribution in [0.1, 0.15) is 46.2 Å². The lowest BCUT2D eigenvalue weighted by atomic mass is 10.1. The normalized spacial score (nSPS) is 11.0. The van der Waals surface area contributed by atoms with E-state index in [0.717, 1.165) is 25.3 Å². The first-order valence-corrected chi connectivity index (χ1v) is 16.0. The summed E-state index contributed by atoms with van der Waals surface area (Å²) in [6, 6.07) is 29.6. The van der Waals surface area contributed by atoms with Gasteiger partial charge in [0, 0.05) is 43.0 Å². The molecule has 3 N–H and O–H groups in total. The van der Waals surface area contributed by atoms with Crippen LogP contribution in [0.2, 0.25) is 0 Å². The lowest BCUT2D eigenvalue weighted by Crippen LogP contribution is -2.13. The smallest absolute Gasteiger partial charge is 0.256 e. The highest BCUT2D eigenvalue weighted by Crippen LogP contribution is 2.37. The van der Waals surface area contributed by atoms with Gasteiger partial charge in [0.2, 0.25) is 0 Å². The largest absolute Gasteiger partial charge is 0.339 e. The Balaban J connectivity index is 1.29. The molecule has 0 radical (unpaired) electrons. The summed E-state index contributed by atoms with van der Waals surface area (Å²) in [6.45, 7) is 4.17. The van der Waals surface area contributed by atoms with Gasteiger partial charge >= 0.3 is 0 Å². The number of hydrogen-bond acceptors (Lipinski definition) is 8. The number of anilines is 4. The molecule has 2 amide bonds. The van der Waals surface area contributed by atoms with Crippen molar-refractivity contribution < 1.29 is 9.59 Å². The number of benzene rings is 3. The Hall–Kier alpha value is -5.13. The van der Waals surface area contributed by atoms with Crippen molar-refractivity contribution in [1.29, 1.82) is 0 Å². The van der Waals surface area contributed by atoms with Crippen molar-refractivity contribution in [3.8, 4) is 0 Å². The summed E-state index contributed by atoms with van der Waals surface area (Å²) in [7, 11) is 0. The second kappa shape index (κ2) is 13.9. The van der Waals surface area contributed by atoms with Gasteiger partial charge in [-0.15, -0.1) is 0 Å². The molecule has 11 heteroatoms. The molecule has 6 rings (SSSR count). The van der Waals surface area contributed by atoms with Gasteiger partial charge in [0.05, 0.1) is 11.1 Å². The summed E-state index contributed by atoms with van der Waals surface area (Å²) >= 11 is 4.88. The minimum Gasteiger partial charge on any atom is -0.339 e. The highest BCUT2D eigenvalue weighted by Gasteiger charge is 2.15. The molecule has 46 heavy (non-hydrogen) atoms. The number of rotatable bonds is 9. The molecular weight excluding hydrogens is 662 g/mol. The van der Waals surface area contributed by atoms with E-state index < -0.39 is 0 Å². The van der Waals surface area contributed by atoms with Crippen molar-refractivity contribution in [3.05, 3.63) is 131 Å². The Bertz CT molecular complexity index is 2020. The van der Waals surface area contributed by atoms with Crippen LogP contribution in [0.25, 0.3) is 11.0 Å². The molecule has 9 nitrogen and oxygen atoms in total. The maximum absolute atomic E-state index is 13.2. The number of carbonyl (C=O) groups excluding carboxylic acids is 2. The number of nitrogens with zero attached hydrogens (tertiary/aromatic N) is 4. The van der Waals surface area contributed by atoms with Gasteiger partial charge in [-0.05, 0) is 101 Å². The fraction of sp³-hybridized carbons (Fsp3) is 0.0857. The van der Waals surface area contributed by atoms with Crippen molar-refractivity contribution in [2.75, 3.05) is 16.0 Å². The maximum Gasteiger partial charge on any atom is 0.256 e. The number of amides is 2. The quantitative estimate of drug-likeness (QED) is 0.138. The van der Waals surface area contributed by atoms with E-state index in [0.29, 0.717) is 39.8 Å². The fourth-order valence-corrected chi connectivity index (χ4v) is 5.64.